The van der Waals surface area contributed by atoms with Crippen LogP contribution in [0.15, 0.2) is 53.4 Å². The number of sulfonamides is 1. The first-order chi connectivity index (χ1) is 17.6. The number of para-hydroxylation sites is 2. The van der Waals surface area contributed by atoms with Crippen molar-refractivity contribution in [3.8, 4) is 0 Å². The number of carbonyl (C=O) groups excluding carboxylic acids is 1. The van der Waals surface area contributed by atoms with Crippen molar-refractivity contribution in [1.82, 2.24) is 9.47 Å². The van der Waals surface area contributed by atoms with Crippen molar-refractivity contribution in [3.63, 3.8) is 0 Å². The van der Waals surface area contributed by atoms with Crippen LogP contribution in [-0.4, -0.2) is 47.8 Å². The molecule has 204 valence electrons. The zero-order chi connectivity index (χ0) is 26.7. The van der Waals surface area contributed by atoms with E-state index in [1.165, 1.54) is 18.2 Å². The smallest absolute Gasteiger partial charge is 0.289 e. The number of aryl methyl sites for hydroxylation is 1. The molecule has 1 amide bonds. The fourth-order valence-corrected chi connectivity index (χ4v) is 6.16. The van der Waals surface area contributed by atoms with Crippen molar-refractivity contribution < 1.29 is 18.1 Å². The maximum atomic E-state index is 13.5. The molecule has 1 aromatic heterocycles. The molecule has 12 nitrogen and oxygen atoms in total. The highest BCUT2D eigenvalue weighted by atomic mass is 35.5. The average Bonchev–Trinajstić information content (AvgIpc) is 3.14. The molecule has 38 heavy (non-hydrogen) atoms. The van der Waals surface area contributed by atoms with Crippen molar-refractivity contribution in [2.45, 2.75) is 37.1 Å². The highest BCUT2D eigenvalue weighted by molar-refractivity contribution is 7.92. The van der Waals surface area contributed by atoms with Gasteiger partial charge in [0.2, 0.25) is 5.91 Å². The van der Waals surface area contributed by atoms with Crippen LogP contribution in [0.4, 0.5) is 11.5 Å². The number of benzene rings is 2. The van der Waals surface area contributed by atoms with Crippen LogP contribution in [0.5, 0.6) is 0 Å². The second-order valence-electron chi connectivity index (χ2n) is 9.09. The molecule has 3 aromatic rings. The van der Waals surface area contributed by atoms with Crippen molar-refractivity contribution in [1.29, 1.82) is 5.41 Å². The van der Waals surface area contributed by atoms with Gasteiger partial charge in [0.05, 0.1) is 4.92 Å². The lowest BCUT2D eigenvalue weighted by Gasteiger charge is -2.33. The molecule has 14 heteroatoms. The number of primary amides is 1. The molecule has 2 aromatic carbocycles. The number of halogens is 1. The third kappa shape index (κ3) is 6.00. The molecular formula is C24H30ClN7O5S. The zero-order valence-electron chi connectivity index (χ0n) is 20.5. The number of anilines is 1. The summed E-state index contributed by atoms with van der Waals surface area (Å²) in [5.74, 6) is -0.248. The van der Waals surface area contributed by atoms with Gasteiger partial charge in [-0.2, -0.15) is 0 Å². The molecule has 0 unspecified atom stereocenters. The number of aromatic nitrogens is 1. The van der Waals surface area contributed by atoms with Gasteiger partial charge in [-0.25, -0.2) is 8.42 Å². The topological polar surface area (TPSA) is 190 Å². The number of likely N-dealkylation sites (tertiary alicyclic amines) is 1. The van der Waals surface area contributed by atoms with Crippen LogP contribution in [0.1, 0.15) is 24.8 Å². The summed E-state index contributed by atoms with van der Waals surface area (Å²) in [7, 11) is -4.38. The summed E-state index contributed by atoms with van der Waals surface area (Å²) in [6.07, 6.45) is 1.86. The largest absolute Gasteiger partial charge is 0.370 e. The minimum atomic E-state index is -4.38. The van der Waals surface area contributed by atoms with E-state index in [1.807, 2.05) is 28.8 Å². The molecule has 1 atom stereocenters. The number of amides is 1. The maximum absolute atomic E-state index is 13.5. The summed E-state index contributed by atoms with van der Waals surface area (Å²) in [4.78, 5) is 23.8. The highest BCUT2D eigenvalue weighted by Crippen LogP contribution is 2.36. The van der Waals surface area contributed by atoms with E-state index in [4.69, 9.17) is 16.9 Å². The van der Waals surface area contributed by atoms with Crippen molar-refractivity contribution in [3.05, 3.63) is 64.2 Å². The molecule has 0 saturated carbocycles. The average molecular weight is 564 g/mol. The monoisotopic (exact) mass is 563 g/mol. The number of guanidine groups is 1. The first-order valence-electron chi connectivity index (χ1n) is 11.8. The molecule has 0 bridgehead atoms. The van der Waals surface area contributed by atoms with Gasteiger partial charge in [-0.05, 0) is 37.3 Å². The van der Waals surface area contributed by atoms with Gasteiger partial charge >= 0.3 is 0 Å². The number of nitro groups is 1. The molecule has 1 aliphatic rings. The van der Waals surface area contributed by atoms with Gasteiger partial charge in [0.15, 0.2) is 10.9 Å². The quantitative estimate of drug-likeness (QED) is 0.133. The number of piperidine rings is 1. The van der Waals surface area contributed by atoms with Gasteiger partial charge in [0.1, 0.15) is 5.82 Å². The number of nitro benzene ring substituents is 1. The maximum Gasteiger partial charge on any atom is 0.289 e. The second kappa shape index (κ2) is 11.7. The van der Waals surface area contributed by atoms with Crippen molar-refractivity contribution in [2.75, 3.05) is 17.8 Å². The molecule has 1 saturated heterocycles. The van der Waals surface area contributed by atoms with Crippen molar-refractivity contribution >= 4 is 56.7 Å². The summed E-state index contributed by atoms with van der Waals surface area (Å²) < 4.78 is 31.5. The van der Waals surface area contributed by atoms with E-state index < -0.39 is 31.4 Å². The Labute approximate surface area is 226 Å². The van der Waals surface area contributed by atoms with Crippen LogP contribution in [-0.2, 0) is 27.8 Å². The van der Waals surface area contributed by atoms with E-state index >= 15 is 0 Å². The Hall–Kier alpha value is -3.84. The number of fused-ring (bicyclic) bond motifs is 1. The van der Waals surface area contributed by atoms with Crippen molar-refractivity contribution in [2.24, 2.45) is 17.4 Å². The van der Waals surface area contributed by atoms with E-state index in [2.05, 4.69) is 4.72 Å². The first kappa shape index (κ1) is 28.7. The predicted octanol–water partition coefficient (Wildman–Crippen LogP) is 2.80. The fraction of sp³-hybridized carbons (Fsp3) is 0.333. The normalized spacial score (nSPS) is 15.6. The number of carbonyl (C=O) groups is 1. The summed E-state index contributed by atoms with van der Waals surface area (Å²) >= 11 is 0. The Morgan fingerprint density at radius 2 is 1.84 bits per heavy atom. The molecule has 0 aliphatic carbocycles. The number of hydrogen-bond donors (Lipinski definition) is 4. The second-order valence-corrected chi connectivity index (χ2v) is 10.7. The van der Waals surface area contributed by atoms with Crippen LogP contribution < -0.4 is 16.2 Å². The Kier molecular flexibility index (Phi) is 8.84. The van der Waals surface area contributed by atoms with E-state index in [1.54, 1.807) is 4.90 Å². The molecule has 1 aliphatic heterocycles. The lowest BCUT2D eigenvalue weighted by Crippen LogP contribution is -2.44. The Morgan fingerprint density at radius 1 is 1.16 bits per heavy atom. The fourth-order valence-electron chi connectivity index (χ4n) is 4.89. The SMILES string of the molecule is Cl.N=C(N)N1CCC[C@@H](Cn2c(NS(=O)(=O)c3ccccc3[N+](=O)[O-])c(CCC(N)=O)c3ccccc32)C1. The molecule has 0 radical (unpaired) electrons. The summed E-state index contributed by atoms with van der Waals surface area (Å²) in [5, 5.41) is 20.1. The van der Waals surface area contributed by atoms with E-state index in [-0.39, 0.29) is 42.9 Å². The van der Waals surface area contributed by atoms with Crippen LogP contribution in [0, 0.1) is 21.4 Å². The minimum Gasteiger partial charge on any atom is -0.370 e. The summed E-state index contributed by atoms with van der Waals surface area (Å²) in [5.41, 5.74) is 11.9. The van der Waals surface area contributed by atoms with Crippen LogP contribution in [0.3, 0.4) is 0 Å². The van der Waals surface area contributed by atoms with Crippen LogP contribution in [0.2, 0.25) is 0 Å². The lowest BCUT2D eigenvalue weighted by atomic mass is 9.98. The third-order valence-electron chi connectivity index (χ3n) is 6.58. The lowest BCUT2D eigenvalue weighted by molar-refractivity contribution is -0.387. The Balaban J connectivity index is 0.00000400. The Bertz CT molecular complexity index is 1470. The predicted molar refractivity (Wildman–Crippen MR) is 147 cm³/mol. The van der Waals surface area contributed by atoms with Gasteiger partial charge in [-0.3, -0.25) is 25.0 Å². The number of nitrogens with zero attached hydrogens (tertiary/aromatic N) is 3. The van der Waals surface area contributed by atoms with Crippen LogP contribution >= 0.6 is 12.4 Å². The number of hydrogen-bond acceptors (Lipinski definition) is 6. The van der Waals surface area contributed by atoms with Gasteiger partial charge in [-0.15, -0.1) is 12.4 Å². The van der Waals surface area contributed by atoms with Gasteiger partial charge in [0.25, 0.3) is 15.7 Å². The number of rotatable bonds is 9. The van der Waals surface area contributed by atoms with Gasteiger partial charge < -0.3 is 20.9 Å². The Morgan fingerprint density at radius 3 is 2.53 bits per heavy atom. The summed E-state index contributed by atoms with van der Waals surface area (Å²) in [6, 6.07) is 12.5. The first-order valence-corrected chi connectivity index (χ1v) is 13.3. The molecule has 2 heterocycles. The van der Waals surface area contributed by atoms with Gasteiger partial charge in [-0.1, -0.05) is 30.3 Å². The van der Waals surface area contributed by atoms with E-state index in [9.17, 15) is 23.3 Å². The molecule has 1 fully saturated rings. The molecule has 4 rings (SSSR count). The summed E-state index contributed by atoms with van der Waals surface area (Å²) in [6.45, 7) is 1.63. The molecular weight excluding hydrogens is 534 g/mol. The standard InChI is InChI=1S/C24H29N7O5S.ClH/c25-22(32)12-11-18-17-7-1-2-8-19(17)30(15-16-6-5-13-29(14-16)24(26)27)23(18)28-37(35,36)21-10-4-3-9-20(21)31(33)34;/h1-4,7-10,16,28H,5-6,11-15H2,(H2,25,32)(H3,26,27);1H/t16-;/m1./s1. The van der Waals surface area contributed by atoms with Gasteiger partial charge in [0, 0.05) is 48.6 Å². The van der Waals surface area contributed by atoms with E-state index in [0.29, 0.717) is 25.2 Å². The van der Waals surface area contributed by atoms with Crippen LogP contribution in [0.25, 0.3) is 10.9 Å². The van der Waals surface area contributed by atoms with E-state index in [0.717, 1.165) is 29.8 Å². The zero-order valence-corrected chi connectivity index (χ0v) is 22.1. The number of nitrogens with one attached hydrogen (secondary N) is 2. The molecule has 0 spiro atoms. The highest BCUT2D eigenvalue weighted by Gasteiger charge is 2.30. The minimum absolute atomic E-state index is 0. The molecule has 6 N–H and O–H groups in total. The number of nitrogens with two attached hydrogens (primary N) is 2. The third-order valence-corrected chi connectivity index (χ3v) is 7.97.